The van der Waals surface area contributed by atoms with E-state index < -0.39 is 11.8 Å². The topological polar surface area (TPSA) is 75.4 Å². The van der Waals surface area contributed by atoms with Gasteiger partial charge >= 0.3 is 11.8 Å². The monoisotopic (exact) mass is 257 g/mol. The van der Waals surface area contributed by atoms with Gasteiger partial charge in [-0.1, -0.05) is 26.1 Å². The number of likely N-dealkylation sites (tertiary alicyclic amines) is 1. The summed E-state index contributed by atoms with van der Waals surface area (Å²) in [5.41, 5.74) is 5.25. The lowest BCUT2D eigenvalue weighted by Crippen LogP contribution is -2.44. The van der Waals surface area contributed by atoms with E-state index in [0.717, 1.165) is 6.42 Å². The Labute approximate surface area is 107 Å². The standard InChI is InChI=1S/C11H19N3O2S/c1-7(2)8-3-4-14(6-8)11(16)10(15)13-5-9(12)17/h7-8H,3-6H2,1-2H3,(H2,12,17)(H,13,15). The summed E-state index contributed by atoms with van der Waals surface area (Å²) in [5.74, 6) is -0.0820. The normalized spacial score (nSPS) is 19.5. The van der Waals surface area contributed by atoms with Crippen LogP contribution in [0.1, 0.15) is 20.3 Å². The molecule has 1 fully saturated rings. The van der Waals surface area contributed by atoms with Gasteiger partial charge in [0.05, 0.1) is 11.5 Å². The fourth-order valence-corrected chi connectivity index (χ4v) is 1.97. The maximum absolute atomic E-state index is 11.8. The van der Waals surface area contributed by atoms with Gasteiger partial charge in [0.25, 0.3) is 0 Å². The maximum atomic E-state index is 11.8. The van der Waals surface area contributed by atoms with Gasteiger partial charge in [-0.3, -0.25) is 9.59 Å². The third-order valence-electron chi connectivity index (χ3n) is 3.07. The summed E-state index contributed by atoms with van der Waals surface area (Å²) in [6.45, 7) is 5.65. The molecule has 0 radical (unpaired) electrons. The molecule has 6 heteroatoms. The third kappa shape index (κ3) is 3.96. The molecule has 1 unspecified atom stereocenters. The summed E-state index contributed by atoms with van der Waals surface area (Å²) in [4.78, 5) is 25.0. The number of carbonyl (C=O) groups is 2. The van der Waals surface area contributed by atoms with Gasteiger partial charge in [-0.25, -0.2) is 0 Å². The van der Waals surface area contributed by atoms with E-state index in [4.69, 9.17) is 5.73 Å². The summed E-state index contributed by atoms with van der Waals surface area (Å²) in [7, 11) is 0. The van der Waals surface area contributed by atoms with E-state index in [1.165, 1.54) is 0 Å². The highest BCUT2D eigenvalue weighted by Crippen LogP contribution is 2.23. The lowest BCUT2D eigenvalue weighted by Gasteiger charge is -2.17. The quantitative estimate of drug-likeness (QED) is 0.546. The summed E-state index contributed by atoms with van der Waals surface area (Å²) >= 11 is 4.63. The summed E-state index contributed by atoms with van der Waals surface area (Å²) < 4.78 is 0. The molecule has 17 heavy (non-hydrogen) atoms. The van der Waals surface area contributed by atoms with Gasteiger partial charge in [-0.2, -0.15) is 0 Å². The molecule has 1 heterocycles. The summed E-state index contributed by atoms with van der Waals surface area (Å²) in [6.07, 6.45) is 0.964. The number of amides is 2. The molecule has 0 aromatic carbocycles. The number of carbonyl (C=O) groups excluding carboxylic acids is 2. The number of hydrogen-bond donors (Lipinski definition) is 2. The van der Waals surface area contributed by atoms with Crippen LogP contribution in [0.5, 0.6) is 0 Å². The van der Waals surface area contributed by atoms with Crippen LogP contribution in [0.25, 0.3) is 0 Å². The Morgan fingerprint density at radius 1 is 1.53 bits per heavy atom. The maximum Gasteiger partial charge on any atom is 0.311 e. The SMILES string of the molecule is CC(C)C1CCN(C(=O)C(=O)NCC(N)=S)C1. The van der Waals surface area contributed by atoms with E-state index in [1.54, 1.807) is 4.90 Å². The number of nitrogens with one attached hydrogen (secondary N) is 1. The molecule has 0 saturated carbocycles. The van der Waals surface area contributed by atoms with Crippen molar-refractivity contribution in [2.45, 2.75) is 20.3 Å². The molecule has 1 rings (SSSR count). The van der Waals surface area contributed by atoms with Crippen LogP contribution in [-0.4, -0.2) is 41.3 Å². The second-order valence-corrected chi connectivity index (χ2v) is 5.22. The van der Waals surface area contributed by atoms with Crippen LogP contribution in [0.2, 0.25) is 0 Å². The Kier molecular flexibility index (Phi) is 4.86. The molecule has 0 bridgehead atoms. The average Bonchev–Trinajstić information content (AvgIpc) is 2.73. The van der Waals surface area contributed by atoms with Crippen molar-refractivity contribution in [3.8, 4) is 0 Å². The van der Waals surface area contributed by atoms with Crippen LogP contribution >= 0.6 is 12.2 Å². The third-order valence-corrected chi connectivity index (χ3v) is 3.22. The van der Waals surface area contributed by atoms with Crippen LogP contribution in [0, 0.1) is 11.8 Å². The highest BCUT2D eigenvalue weighted by Gasteiger charge is 2.31. The Morgan fingerprint density at radius 3 is 2.65 bits per heavy atom. The molecule has 2 amide bonds. The van der Waals surface area contributed by atoms with Crippen LogP contribution in [0.15, 0.2) is 0 Å². The zero-order valence-corrected chi connectivity index (χ0v) is 11.0. The first-order chi connectivity index (χ1) is 7.91. The minimum absolute atomic E-state index is 0.0708. The molecule has 1 aliphatic heterocycles. The van der Waals surface area contributed by atoms with Crippen molar-refractivity contribution in [2.24, 2.45) is 17.6 Å². The van der Waals surface area contributed by atoms with E-state index in [1.807, 2.05) is 0 Å². The van der Waals surface area contributed by atoms with Crippen molar-refractivity contribution < 1.29 is 9.59 Å². The minimum atomic E-state index is -0.623. The average molecular weight is 257 g/mol. The zero-order chi connectivity index (χ0) is 13.0. The Bertz CT molecular complexity index is 331. The van der Waals surface area contributed by atoms with Crippen LogP contribution in [0.3, 0.4) is 0 Å². The first-order valence-electron chi connectivity index (χ1n) is 5.77. The van der Waals surface area contributed by atoms with Crippen LogP contribution in [-0.2, 0) is 9.59 Å². The molecular weight excluding hydrogens is 238 g/mol. The molecule has 0 aromatic heterocycles. The number of rotatable bonds is 3. The second kappa shape index (κ2) is 5.95. The smallest absolute Gasteiger partial charge is 0.311 e. The van der Waals surface area contributed by atoms with Gasteiger partial charge in [-0.05, 0) is 18.3 Å². The van der Waals surface area contributed by atoms with Crippen LogP contribution in [0.4, 0.5) is 0 Å². The van der Waals surface area contributed by atoms with Crippen LogP contribution < -0.4 is 11.1 Å². The van der Waals surface area contributed by atoms with Gasteiger partial charge in [0.1, 0.15) is 0 Å². The Morgan fingerprint density at radius 2 is 2.18 bits per heavy atom. The molecule has 96 valence electrons. The molecule has 0 spiro atoms. The van der Waals surface area contributed by atoms with Gasteiger partial charge in [0, 0.05) is 13.1 Å². The lowest BCUT2D eigenvalue weighted by molar-refractivity contribution is -0.145. The van der Waals surface area contributed by atoms with Crippen molar-refractivity contribution in [2.75, 3.05) is 19.6 Å². The fraction of sp³-hybridized carbons (Fsp3) is 0.727. The summed E-state index contributed by atoms with van der Waals surface area (Å²) in [6, 6.07) is 0. The lowest BCUT2D eigenvalue weighted by atomic mass is 9.95. The largest absolute Gasteiger partial charge is 0.392 e. The van der Waals surface area contributed by atoms with Crippen molar-refractivity contribution in [3.63, 3.8) is 0 Å². The van der Waals surface area contributed by atoms with Gasteiger partial charge in [0.15, 0.2) is 0 Å². The number of thiocarbonyl (C=S) groups is 1. The molecular formula is C11H19N3O2S. The van der Waals surface area contributed by atoms with Gasteiger partial charge < -0.3 is 16.0 Å². The predicted octanol–water partition coefficient (Wildman–Crippen LogP) is -0.107. The Hall–Kier alpha value is -1.17. The van der Waals surface area contributed by atoms with E-state index in [-0.39, 0.29) is 11.5 Å². The number of nitrogens with zero attached hydrogens (tertiary/aromatic N) is 1. The van der Waals surface area contributed by atoms with Crippen molar-refractivity contribution in [1.29, 1.82) is 0 Å². The minimum Gasteiger partial charge on any atom is -0.392 e. The van der Waals surface area contributed by atoms with E-state index >= 15 is 0 Å². The highest BCUT2D eigenvalue weighted by molar-refractivity contribution is 7.80. The van der Waals surface area contributed by atoms with Gasteiger partial charge in [0.2, 0.25) is 0 Å². The van der Waals surface area contributed by atoms with Crippen molar-refractivity contribution in [3.05, 3.63) is 0 Å². The van der Waals surface area contributed by atoms with E-state index in [9.17, 15) is 9.59 Å². The van der Waals surface area contributed by atoms with E-state index in [2.05, 4.69) is 31.4 Å². The zero-order valence-electron chi connectivity index (χ0n) is 10.2. The summed E-state index contributed by atoms with van der Waals surface area (Å²) in [5, 5.41) is 2.41. The molecule has 1 aliphatic rings. The van der Waals surface area contributed by atoms with Gasteiger partial charge in [-0.15, -0.1) is 0 Å². The van der Waals surface area contributed by atoms with Crippen molar-refractivity contribution in [1.82, 2.24) is 10.2 Å². The molecule has 0 aromatic rings. The predicted molar refractivity (Wildman–Crippen MR) is 69.3 cm³/mol. The first-order valence-corrected chi connectivity index (χ1v) is 6.18. The number of nitrogens with two attached hydrogens (primary N) is 1. The number of hydrogen-bond acceptors (Lipinski definition) is 3. The molecule has 5 nitrogen and oxygen atoms in total. The molecule has 0 aliphatic carbocycles. The van der Waals surface area contributed by atoms with E-state index in [0.29, 0.717) is 24.9 Å². The Balaban J connectivity index is 2.43. The fourth-order valence-electron chi connectivity index (χ4n) is 1.90. The second-order valence-electron chi connectivity index (χ2n) is 4.69. The van der Waals surface area contributed by atoms with Crippen molar-refractivity contribution >= 4 is 29.0 Å². The molecule has 1 atom stereocenters. The molecule has 1 saturated heterocycles. The highest BCUT2D eigenvalue weighted by atomic mass is 32.1. The first kappa shape index (κ1) is 13.9. The molecule has 3 N–H and O–H groups in total.